The van der Waals surface area contributed by atoms with Gasteiger partial charge in [0.25, 0.3) is 0 Å². The third-order valence-corrected chi connectivity index (χ3v) is 3.51. The van der Waals surface area contributed by atoms with Gasteiger partial charge in [-0.3, -0.25) is 10.8 Å². The number of benzene rings is 1. The Morgan fingerprint density at radius 2 is 2.00 bits per heavy atom. The summed E-state index contributed by atoms with van der Waals surface area (Å²) in [4.78, 5) is 4.36. The summed E-state index contributed by atoms with van der Waals surface area (Å²) < 4.78 is 0. The Bertz CT molecular complexity index is 558. The first-order valence-electron chi connectivity index (χ1n) is 5.46. The van der Waals surface area contributed by atoms with Crippen LogP contribution < -0.4 is 11.3 Å². The third-order valence-electron chi connectivity index (χ3n) is 2.77. The molecule has 3 nitrogen and oxygen atoms in total. The van der Waals surface area contributed by atoms with Crippen LogP contribution in [-0.2, 0) is 0 Å². The lowest BCUT2D eigenvalue weighted by molar-refractivity contribution is 0.617. The van der Waals surface area contributed by atoms with E-state index >= 15 is 0 Å². The van der Waals surface area contributed by atoms with E-state index in [1.54, 1.807) is 18.3 Å². The number of aryl methyl sites for hydroxylation is 1. The van der Waals surface area contributed by atoms with Crippen LogP contribution in [0.25, 0.3) is 0 Å². The fourth-order valence-electron chi connectivity index (χ4n) is 1.83. The average molecular weight is 282 g/mol. The van der Waals surface area contributed by atoms with Gasteiger partial charge in [-0.05, 0) is 36.2 Å². The van der Waals surface area contributed by atoms with Gasteiger partial charge in [0.05, 0.1) is 21.8 Å². The number of aromatic nitrogens is 1. The summed E-state index contributed by atoms with van der Waals surface area (Å²) in [7, 11) is 0. The summed E-state index contributed by atoms with van der Waals surface area (Å²) in [6.45, 7) is 1.99. The van der Waals surface area contributed by atoms with Crippen molar-refractivity contribution in [2.75, 3.05) is 0 Å². The standard InChI is InChI=1S/C13H13Cl2N3/c1-8-3-2-6-17-12(8)13(18-16)9-4-5-10(14)11(15)7-9/h2-7,13,18H,16H2,1H3. The van der Waals surface area contributed by atoms with Crippen molar-refractivity contribution in [1.29, 1.82) is 0 Å². The molecule has 0 bridgehead atoms. The number of rotatable bonds is 3. The van der Waals surface area contributed by atoms with E-state index in [0.717, 1.165) is 16.8 Å². The normalized spacial score (nSPS) is 12.4. The molecule has 2 rings (SSSR count). The molecular weight excluding hydrogens is 269 g/mol. The number of hydrogen-bond acceptors (Lipinski definition) is 3. The molecule has 0 aliphatic rings. The van der Waals surface area contributed by atoms with Gasteiger partial charge in [-0.15, -0.1) is 0 Å². The Morgan fingerprint density at radius 1 is 1.22 bits per heavy atom. The highest BCUT2D eigenvalue weighted by Crippen LogP contribution is 2.28. The van der Waals surface area contributed by atoms with Crippen molar-refractivity contribution in [3.63, 3.8) is 0 Å². The van der Waals surface area contributed by atoms with Crippen molar-refractivity contribution >= 4 is 23.2 Å². The molecule has 0 radical (unpaired) electrons. The Labute approximate surface area is 116 Å². The zero-order valence-electron chi connectivity index (χ0n) is 9.82. The first kappa shape index (κ1) is 13.3. The van der Waals surface area contributed by atoms with E-state index in [4.69, 9.17) is 29.0 Å². The fourth-order valence-corrected chi connectivity index (χ4v) is 2.13. The molecule has 94 valence electrons. The van der Waals surface area contributed by atoms with E-state index in [1.165, 1.54) is 0 Å². The van der Waals surface area contributed by atoms with Gasteiger partial charge in [0.15, 0.2) is 0 Å². The van der Waals surface area contributed by atoms with E-state index in [2.05, 4.69) is 10.4 Å². The zero-order chi connectivity index (χ0) is 13.1. The third kappa shape index (κ3) is 2.65. The second-order valence-electron chi connectivity index (χ2n) is 3.98. The van der Waals surface area contributed by atoms with Gasteiger partial charge < -0.3 is 0 Å². The maximum Gasteiger partial charge on any atom is 0.0884 e. The molecule has 1 unspecified atom stereocenters. The maximum absolute atomic E-state index is 6.02. The minimum absolute atomic E-state index is 0.207. The lowest BCUT2D eigenvalue weighted by Gasteiger charge is -2.18. The van der Waals surface area contributed by atoms with E-state index < -0.39 is 0 Å². The first-order valence-corrected chi connectivity index (χ1v) is 6.21. The summed E-state index contributed by atoms with van der Waals surface area (Å²) in [6, 6.07) is 9.10. The smallest absolute Gasteiger partial charge is 0.0884 e. The molecule has 5 heteroatoms. The minimum atomic E-state index is -0.207. The molecule has 0 amide bonds. The second kappa shape index (κ2) is 5.67. The van der Waals surface area contributed by atoms with Crippen molar-refractivity contribution in [1.82, 2.24) is 10.4 Å². The highest BCUT2D eigenvalue weighted by Gasteiger charge is 2.16. The van der Waals surface area contributed by atoms with Gasteiger partial charge in [0, 0.05) is 6.20 Å². The van der Waals surface area contributed by atoms with Crippen LogP contribution >= 0.6 is 23.2 Å². The molecule has 1 aromatic heterocycles. The van der Waals surface area contributed by atoms with Crippen LogP contribution in [0.1, 0.15) is 22.9 Å². The number of nitrogens with zero attached hydrogens (tertiary/aromatic N) is 1. The number of nitrogens with one attached hydrogen (secondary N) is 1. The van der Waals surface area contributed by atoms with Crippen LogP contribution in [0.3, 0.4) is 0 Å². The topological polar surface area (TPSA) is 50.9 Å². The van der Waals surface area contributed by atoms with Gasteiger partial charge >= 0.3 is 0 Å². The van der Waals surface area contributed by atoms with Crippen LogP contribution in [0, 0.1) is 6.92 Å². The summed E-state index contributed by atoms with van der Waals surface area (Å²) in [5.74, 6) is 5.63. The summed E-state index contributed by atoms with van der Waals surface area (Å²) in [5, 5.41) is 1.02. The molecule has 0 saturated carbocycles. The van der Waals surface area contributed by atoms with E-state index in [-0.39, 0.29) is 6.04 Å². The lowest BCUT2D eigenvalue weighted by Crippen LogP contribution is -2.30. The van der Waals surface area contributed by atoms with Gasteiger partial charge in [-0.2, -0.15) is 0 Å². The van der Waals surface area contributed by atoms with Crippen LogP contribution in [0.5, 0.6) is 0 Å². The molecule has 18 heavy (non-hydrogen) atoms. The fraction of sp³-hybridized carbons (Fsp3) is 0.154. The Hall–Kier alpha value is -1.13. The molecule has 3 N–H and O–H groups in total. The van der Waals surface area contributed by atoms with Crippen molar-refractivity contribution in [2.45, 2.75) is 13.0 Å². The van der Waals surface area contributed by atoms with E-state index in [1.807, 2.05) is 25.1 Å². The van der Waals surface area contributed by atoms with Crippen LogP contribution in [0.15, 0.2) is 36.5 Å². The van der Waals surface area contributed by atoms with Crippen molar-refractivity contribution in [2.24, 2.45) is 5.84 Å². The number of nitrogens with two attached hydrogens (primary N) is 1. The SMILES string of the molecule is Cc1cccnc1C(NN)c1ccc(Cl)c(Cl)c1. The van der Waals surface area contributed by atoms with Crippen molar-refractivity contribution in [3.05, 3.63) is 63.4 Å². The van der Waals surface area contributed by atoms with Gasteiger partial charge in [0.1, 0.15) is 0 Å². The van der Waals surface area contributed by atoms with Gasteiger partial charge in [0.2, 0.25) is 0 Å². The monoisotopic (exact) mass is 281 g/mol. The molecule has 1 heterocycles. The summed E-state index contributed by atoms with van der Waals surface area (Å²) in [5.41, 5.74) is 5.62. The quantitative estimate of drug-likeness (QED) is 0.671. The molecule has 1 aromatic carbocycles. The maximum atomic E-state index is 6.02. The molecular formula is C13H13Cl2N3. The molecule has 0 aliphatic carbocycles. The molecule has 1 atom stereocenters. The minimum Gasteiger partial charge on any atom is -0.271 e. The summed E-state index contributed by atoms with van der Waals surface area (Å²) in [6.07, 6.45) is 1.74. The van der Waals surface area contributed by atoms with Gasteiger partial charge in [-0.1, -0.05) is 35.3 Å². The van der Waals surface area contributed by atoms with E-state index in [9.17, 15) is 0 Å². The number of hydrazine groups is 1. The lowest BCUT2D eigenvalue weighted by atomic mass is 10.0. The number of halogens is 2. The highest BCUT2D eigenvalue weighted by molar-refractivity contribution is 6.42. The molecule has 2 aromatic rings. The predicted molar refractivity (Wildman–Crippen MR) is 74.6 cm³/mol. The summed E-state index contributed by atoms with van der Waals surface area (Å²) >= 11 is 11.9. The Balaban J connectivity index is 2.45. The number of pyridine rings is 1. The largest absolute Gasteiger partial charge is 0.271 e. The molecule has 0 spiro atoms. The van der Waals surface area contributed by atoms with Crippen LogP contribution in [0.2, 0.25) is 10.0 Å². The van der Waals surface area contributed by atoms with Crippen LogP contribution in [0.4, 0.5) is 0 Å². The molecule has 0 fully saturated rings. The van der Waals surface area contributed by atoms with Gasteiger partial charge in [-0.25, -0.2) is 5.43 Å². The van der Waals surface area contributed by atoms with Crippen molar-refractivity contribution in [3.8, 4) is 0 Å². The second-order valence-corrected chi connectivity index (χ2v) is 4.79. The highest BCUT2D eigenvalue weighted by atomic mass is 35.5. The molecule has 0 saturated heterocycles. The number of hydrogen-bond donors (Lipinski definition) is 2. The van der Waals surface area contributed by atoms with E-state index in [0.29, 0.717) is 10.0 Å². The Morgan fingerprint density at radius 3 is 2.61 bits per heavy atom. The van der Waals surface area contributed by atoms with Crippen LogP contribution in [-0.4, -0.2) is 4.98 Å². The predicted octanol–water partition coefficient (Wildman–Crippen LogP) is 3.25. The molecule has 0 aliphatic heterocycles. The zero-order valence-corrected chi connectivity index (χ0v) is 11.3. The Kier molecular flexibility index (Phi) is 4.19. The van der Waals surface area contributed by atoms with Crippen molar-refractivity contribution < 1.29 is 0 Å². The first-order chi connectivity index (χ1) is 8.63. The average Bonchev–Trinajstić information content (AvgIpc) is 2.37.